The quantitative estimate of drug-likeness (QED) is 0.689. The van der Waals surface area contributed by atoms with Gasteiger partial charge in [0.15, 0.2) is 5.69 Å². The third-order valence-electron chi connectivity index (χ3n) is 3.12. The molecule has 0 spiro atoms. The zero-order chi connectivity index (χ0) is 17.9. The van der Waals surface area contributed by atoms with Gasteiger partial charge < -0.3 is 20.4 Å². The van der Waals surface area contributed by atoms with Crippen LogP contribution < -0.4 is 5.32 Å². The zero-order valence-corrected chi connectivity index (χ0v) is 12.6. The van der Waals surface area contributed by atoms with Crippen molar-refractivity contribution in [2.75, 3.05) is 20.1 Å². The Labute approximate surface area is 135 Å². The zero-order valence-electron chi connectivity index (χ0n) is 12.6. The van der Waals surface area contributed by atoms with Crippen LogP contribution in [-0.4, -0.2) is 68.9 Å². The molecule has 0 bridgehead atoms. The highest BCUT2D eigenvalue weighted by molar-refractivity contribution is 6.04. The van der Waals surface area contributed by atoms with Gasteiger partial charge in [-0.1, -0.05) is 18.2 Å². The Kier molecular flexibility index (Phi) is 4.78. The molecule has 2 rings (SSSR count). The normalized spacial score (nSPS) is 10.4. The standard InChI is InChI=1S/C14H14N4O6/c1-17(7-10(19)15-6-11(20)21)14(24)18-9-5-3-2-4-8(9)12(16-18)13(22)23/h2-5H,6-7H2,1H3,(H,15,19)(H,20,21)(H,22,23). The second-order valence-electron chi connectivity index (χ2n) is 4.89. The van der Waals surface area contributed by atoms with Crippen molar-refractivity contribution in [2.45, 2.75) is 0 Å². The topological polar surface area (TPSA) is 142 Å². The molecular formula is C14H14N4O6. The fraction of sp³-hybridized carbons (Fsp3) is 0.214. The van der Waals surface area contributed by atoms with Gasteiger partial charge in [-0.05, 0) is 6.07 Å². The molecule has 1 aromatic carbocycles. The van der Waals surface area contributed by atoms with Crippen LogP contribution in [0.1, 0.15) is 10.5 Å². The molecule has 10 heteroatoms. The van der Waals surface area contributed by atoms with Gasteiger partial charge in [-0.3, -0.25) is 9.59 Å². The lowest BCUT2D eigenvalue weighted by molar-refractivity contribution is -0.138. The van der Waals surface area contributed by atoms with E-state index in [0.29, 0.717) is 5.39 Å². The Balaban J connectivity index is 2.23. The number of amides is 2. The number of para-hydroxylation sites is 1. The summed E-state index contributed by atoms with van der Waals surface area (Å²) >= 11 is 0. The van der Waals surface area contributed by atoms with Crippen molar-refractivity contribution in [3.05, 3.63) is 30.0 Å². The number of fused-ring (bicyclic) bond motifs is 1. The van der Waals surface area contributed by atoms with E-state index in [2.05, 4.69) is 10.4 Å². The van der Waals surface area contributed by atoms with Crippen LogP contribution in [0.5, 0.6) is 0 Å². The summed E-state index contributed by atoms with van der Waals surface area (Å²) < 4.78 is 0.892. The summed E-state index contributed by atoms with van der Waals surface area (Å²) in [4.78, 5) is 46.6. The van der Waals surface area contributed by atoms with Gasteiger partial charge in [0.25, 0.3) is 0 Å². The van der Waals surface area contributed by atoms with Crippen LogP contribution >= 0.6 is 0 Å². The smallest absolute Gasteiger partial charge is 0.357 e. The van der Waals surface area contributed by atoms with E-state index in [-0.39, 0.29) is 11.2 Å². The molecule has 0 aliphatic heterocycles. The molecule has 10 nitrogen and oxygen atoms in total. The fourth-order valence-corrected chi connectivity index (χ4v) is 2.04. The maximum Gasteiger partial charge on any atom is 0.357 e. The summed E-state index contributed by atoms with van der Waals surface area (Å²) in [6.07, 6.45) is 0. The molecule has 1 aromatic heterocycles. The fourth-order valence-electron chi connectivity index (χ4n) is 2.04. The lowest BCUT2D eigenvalue weighted by atomic mass is 10.2. The maximum absolute atomic E-state index is 12.4. The largest absolute Gasteiger partial charge is 0.480 e. The average Bonchev–Trinajstić information content (AvgIpc) is 2.92. The number of aromatic nitrogens is 2. The van der Waals surface area contributed by atoms with Crippen LogP contribution in [0.15, 0.2) is 24.3 Å². The number of rotatable bonds is 5. The minimum absolute atomic E-state index is 0.275. The number of likely N-dealkylation sites (N-methyl/N-ethyl adjacent to an activating group) is 1. The molecule has 0 unspecified atom stereocenters. The third kappa shape index (κ3) is 3.48. The number of carbonyl (C=O) groups is 4. The Morgan fingerprint density at radius 3 is 2.50 bits per heavy atom. The summed E-state index contributed by atoms with van der Waals surface area (Å²) in [5, 5.41) is 23.9. The lowest BCUT2D eigenvalue weighted by Crippen LogP contribution is -2.41. The molecule has 2 aromatic rings. The molecule has 126 valence electrons. The van der Waals surface area contributed by atoms with Crippen molar-refractivity contribution in [1.29, 1.82) is 0 Å². The number of aromatic carboxylic acids is 1. The van der Waals surface area contributed by atoms with Crippen LogP contribution in [0.25, 0.3) is 10.9 Å². The maximum atomic E-state index is 12.4. The van der Waals surface area contributed by atoms with Gasteiger partial charge in [-0.15, -0.1) is 0 Å². The van der Waals surface area contributed by atoms with Gasteiger partial charge in [0.1, 0.15) is 13.1 Å². The predicted octanol–water partition coefficient (Wildman–Crippen LogP) is -0.165. The van der Waals surface area contributed by atoms with Gasteiger partial charge in [0, 0.05) is 12.4 Å². The van der Waals surface area contributed by atoms with Crippen LogP contribution in [0, 0.1) is 0 Å². The number of hydrogen-bond donors (Lipinski definition) is 3. The molecule has 0 atom stereocenters. The second kappa shape index (κ2) is 6.77. The SMILES string of the molecule is CN(CC(=O)NCC(=O)O)C(=O)n1nc(C(=O)O)c2ccccc21. The monoisotopic (exact) mass is 334 g/mol. The Hall–Kier alpha value is -3.43. The van der Waals surface area contributed by atoms with Gasteiger partial charge in [-0.25, -0.2) is 9.59 Å². The molecule has 1 heterocycles. The number of nitrogens with zero attached hydrogens (tertiary/aromatic N) is 3. The predicted molar refractivity (Wildman–Crippen MR) is 80.8 cm³/mol. The van der Waals surface area contributed by atoms with E-state index in [0.717, 1.165) is 9.58 Å². The van der Waals surface area contributed by atoms with Crippen LogP contribution in [0.4, 0.5) is 4.79 Å². The minimum Gasteiger partial charge on any atom is -0.480 e. The van der Waals surface area contributed by atoms with Crippen LogP contribution in [0.3, 0.4) is 0 Å². The summed E-state index contributed by atoms with van der Waals surface area (Å²) in [7, 11) is 1.32. The minimum atomic E-state index is -1.28. The number of benzene rings is 1. The summed E-state index contributed by atoms with van der Waals surface area (Å²) in [5.41, 5.74) is 0.0142. The van der Waals surface area contributed by atoms with E-state index in [1.54, 1.807) is 12.1 Å². The van der Waals surface area contributed by atoms with E-state index < -0.39 is 37.0 Å². The van der Waals surface area contributed by atoms with Crippen molar-refractivity contribution in [3.63, 3.8) is 0 Å². The van der Waals surface area contributed by atoms with Gasteiger partial charge in [0.2, 0.25) is 5.91 Å². The van der Waals surface area contributed by atoms with Gasteiger partial charge in [-0.2, -0.15) is 9.78 Å². The number of carboxylic acid groups (broad SMARTS) is 2. The highest BCUT2D eigenvalue weighted by Gasteiger charge is 2.22. The van der Waals surface area contributed by atoms with E-state index in [1.165, 1.54) is 19.2 Å². The Morgan fingerprint density at radius 1 is 1.21 bits per heavy atom. The molecule has 0 fully saturated rings. The molecular weight excluding hydrogens is 320 g/mol. The second-order valence-corrected chi connectivity index (χ2v) is 4.89. The molecule has 24 heavy (non-hydrogen) atoms. The van der Waals surface area contributed by atoms with Crippen molar-refractivity contribution in [3.8, 4) is 0 Å². The number of hydrogen-bond acceptors (Lipinski definition) is 5. The first-order chi connectivity index (χ1) is 11.3. The van der Waals surface area contributed by atoms with E-state index in [9.17, 15) is 19.2 Å². The van der Waals surface area contributed by atoms with E-state index >= 15 is 0 Å². The Bertz CT molecular complexity index is 828. The first-order valence-electron chi connectivity index (χ1n) is 6.76. The molecule has 0 saturated heterocycles. The van der Waals surface area contributed by atoms with Crippen molar-refractivity contribution in [2.24, 2.45) is 0 Å². The molecule has 3 N–H and O–H groups in total. The van der Waals surface area contributed by atoms with Crippen molar-refractivity contribution in [1.82, 2.24) is 20.0 Å². The first kappa shape index (κ1) is 16.9. The van der Waals surface area contributed by atoms with Gasteiger partial charge in [0.05, 0.1) is 5.52 Å². The highest BCUT2D eigenvalue weighted by atomic mass is 16.4. The Morgan fingerprint density at radius 2 is 1.88 bits per heavy atom. The average molecular weight is 334 g/mol. The summed E-state index contributed by atoms with van der Waals surface area (Å²) in [6.45, 7) is -0.961. The molecule has 0 aliphatic carbocycles. The molecule has 2 amide bonds. The third-order valence-corrected chi connectivity index (χ3v) is 3.12. The first-order valence-corrected chi connectivity index (χ1v) is 6.76. The van der Waals surface area contributed by atoms with Crippen LogP contribution in [-0.2, 0) is 9.59 Å². The number of carbonyl (C=O) groups excluding carboxylic acids is 2. The van der Waals surface area contributed by atoms with E-state index in [4.69, 9.17) is 10.2 Å². The summed E-state index contributed by atoms with van der Waals surface area (Å²) in [5.74, 6) is -3.15. The van der Waals surface area contributed by atoms with Crippen molar-refractivity contribution >= 4 is 34.8 Å². The molecule has 0 saturated carbocycles. The highest BCUT2D eigenvalue weighted by Crippen LogP contribution is 2.18. The van der Waals surface area contributed by atoms with Crippen molar-refractivity contribution < 1.29 is 29.4 Å². The number of aliphatic carboxylic acids is 1. The van der Waals surface area contributed by atoms with Crippen LogP contribution in [0.2, 0.25) is 0 Å². The van der Waals surface area contributed by atoms with Gasteiger partial charge >= 0.3 is 18.0 Å². The van der Waals surface area contributed by atoms with E-state index in [1.807, 2.05) is 0 Å². The lowest BCUT2D eigenvalue weighted by Gasteiger charge is -2.16. The number of nitrogens with one attached hydrogen (secondary N) is 1. The summed E-state index contributed by atoms with van der Waals surface area (Å²) in [6, 6.07) is 5.58. The molecule has 0 aliphatic rings. The number of carboxylic acids is 2. The molecule has 0 radical (unpaired) electrons.